The van der Waals surface area contributed by atoms with E-state index in [9.17, 15) is 46.4 Å². The lowest BCUT2D eigenvalue weighted by atomic mass is 9.73. The van der Waals surface area contributed by atoms with Gasteiger partial charge in [-0.2, -0.15) is 18.4 Å². The molecule has 4 amide bonds. The number of nitriles is 1. The number of carbonyl (C=O) groups is 4. The third kappa shape index (κ3) is 5.71. The smallest absolute Gasteiger partial charge is 0.471 e. The van der Waals surface area contributed by atoms with Crippen molar-refractivity contribution in [2.75, 3.05) is 18.9 Å². The van der Waals surface area contributed by atoms with Crippen molar-refractivity contribution in [2.45, 2.75) is 69.3 Å². The Labute approximate surface area is 237 Å². The molecule has 10 nitrogen and oxygen atoms in total. The van der Waals surface area contributed by atoms with Crippen molar-refractivity contribution in [1.29, 1.82) is 5.26 Å². The maximum atomic E-state index is 14.3. The van der Waals surface area contributed by atoms with Gasteiger partial charge in [0.05, 0.1) is 18.5 Å². The van der Waals surface area contributed by atoms with E-state index in [2.05, 4.69) is 10.6 Å². The molecule has 0 radical (unpaired) electrons. The summed E-state index contributed by atoms with van der Waals surface area (Å²) in [5.41, 5.74) is -4.73. The number of ether oxygens (including phenoxy) is 1. The van der Waals surface area contributed by atoms with E-state index in [-0.39, 0.29) is 30.4 Å². The Balaban J connectivity index is 1.77. The number of carbonyl (C=O) groups excluding carboxylic acids is 4. The number of nitrogens with zero attached hydrogens (tertiary/aromatic N) is 2. The third-order valence-corrected chi connectivity index (χ3v) is 7.87. The molecule has 3 aliphatic rings. The Bertz CT molecular complexity index is 1340. The summed E-state index contributed by atoms with van der Waals surface area (Å²) in [7, 11) is 1.17. The molecule has 1 spiro atoms. The van der Waals surface area contributed by atoms with Crippen LogP contribution < -0.4 is 20.7 Å². The monoisotopic (exact) mass is 599 g/mol. The van der Waals surface area contributed by atoms with Gasteiger partial charge in [-0.3, -0.25) is 19.2 Å². The number of fused-ring (bicyclic) bond motifs is 1. The van der Waals surface area contributed by atoms with E-state index >= 15 is 0 Å². The molecule has 1 aromatic carbocycles. The van der Waals surface area contributed by atoms with Crippen LogP contribution in [0, 0.1) is 40.7 Å². The highest BCUT2D eigenvalue weighted by molar-refractivity contribution is 6.03. The first-order valence-electron chi connectivity index (χ1n) is 13.4. The van der Waals surface area contributed by atoms with Crippen LogP contribution in [0.3, 0.4) is 0 Å². The highest BCUT2D eigenvalue weighted by Crippen LogP contribution is 2.45. The predicted octanol–water partition coefficient (Wildman–Crippen LogP) is 2.78. The van der Waals surface area contributed by atoms with E-state index in [4.69, 9.17) is 4.74 Å². The Hall–Kier alpha value is -3.96. The predicted molar refractivity (Wildman–Crippen MR) is 135 cm³/mol. The first-order valence-corrected chi connectivity index (χ1v) is 13.4. The largest absolute Gasteiger partial charge is 0.473 e. The van der Waals surface area contributed by atoms with Crippen LogP contribution in [-0.4, -0.2) is 65.5 Å². The second kappa shape index (κ2) is 11.0. The minimum atomic E-state index is -5.37. The van der Waals surface area contributed by atoms with E-state index in [0.717, 1.165) is 11.0 Å². The highest BCUT2D eigenvalue weighted by atomic mass is 19.4. The molecule has 0 bridgehead atoms. The summed E-state index contributed by atoms with van der Waals surface area (Å²) in [6, 6.07) is 1.88. The number of likely N-dealkylation sites (tertiary alicyclic amines) is 1. The molecule has 1 aromatic rings. The normalized spacial score (nSPS) is 23.8. The number of likely N-dealkylation sites (N-methyl/N-ethyl adjacent to an activating group) is 1. The second-order valence-corrected chi connectivity index (χ2v) is 11.5. The first kappa shape index (κ1) is 31.0. The van der Waals surface area contributed by atoms with Gasteiger partial charge >= 0.3 is 12.1 Å². The Morgan fingerprint density at radius 2 is 1.88 bits per heavy atom. The molecule has 4 atom stereocenters. The first-order chi connectivity index (χ1) is 19.6. The number of hydrogen-bond donors (Lipinski definition) is 3. The fraction of sp³-hybridized carbons (Fsp3) is 0.593. The van der Waals surface area contributed by atoms with Crippen molar-refractivity contribution >= 4 is 29.3 Å². The van der Waals surface area contributed by atoms with Crippen molar-refractivity contribution in [3.63, 3.8) is 0 Å². The van der Waals surface area contributed by atoms with Crippen molar-refractivity contribution < 1.29 is 45.9 Å². The molecule has 1 unspecified atom stereocenters. The number of amides is 4. The molecule has 2 aliphatic heterocycles. The van der Waals surface area contributed by atoms with Gasteiger partial charge in [-0.05, 0) is 24.7 Å². The summed E-state index contributed by atoms with van der Waals surface area (Å²) in [5, 5.41) is 16.4. The van der Waals surface area contributed by atoms with Crippen LogP contribution in [0.2, 0.25) is 0 Å². The van der Waals surface area contributed by atoms with Crippen molar-refractivity contribution in [1.82, 2.24) is 15.5 Å². The highest BCUT2D eigenvalue weighted by Gasteiger charge is 2.60. The molecular formula is C27H30F5N5O5. The SMILES string of the molecule is CNC(=O)C(CC1CC1)(NC(=O)C(F)(F)F)[C@H](CC(C)C)C(=O)N1C[C@@]2(C[C@H]1C#N)Oc1cc(F)cc(F)c1NC2=O. The zero-order valence-electron chi connectivity index (χ0n) is 23.0. The van der Waals surface area contributed by atoms with E-state index in [1.807, 2.05) is 11.4 Å². The van der Waals surface area contributed by atoms with Crippen molar-refractivity contribution in [2.24, 2.45) is 17.8 Å². The quantitative estimate of drug-likeness (QED) is 0.393. The summed E-state index contributed by atoms with van der Waals surface area (Å²) in [6.45, 7) is 2.73. The average molecular weight is 600 g/mol. The van der Waals surface area contributed by atoms with Crippen molar-refractivity contribution in [3.05, 3.63) is 23.8 Å². The van der Waals surface area contributed by atoms with E-state index < -0.39 is 83.2 Å². The molecule has 2 fully saturated rings. The molecule has 2 heterocycles. The fourth-order valence-electron chi connectivity index (χ4n) is 5.74. The van der Waals surface area contributed by atoms with Gasteiger partial charge < -0.3 is 25.6 Å². The number of rotatable bonds is 8. The second-order valence-electron chi connectivity index (χ2n) is 11.5. The van der Waals surface area contributed by atoms with Gasteiger partial charge in [0.2, 0.25) is 17.4 Å². The molecule has 15 heteroatoms. The lowest BCUT2D eigenvalue weighted by molar-refractivity contribution is -0.178. The van der Waals surface area contributed by atoms with E-state index in [1.54, 1.807) is 13.8 Å². The van der Waals surface area contributed by atoms with Crippen LogP contribution in [0.1, 0.15) is 46.0 Å². The van der Waals surface area contributed by atoms with Crippen LogP contribution in [0.25, 0.3) is 0 Å². The number of benzene rings is 1. The maximum Gasteiger partial charge on any atom is 0.471 e. The average Bonchev–Trinajstić information content (AvgIpc) is 3.64. The Kier molecular flexibility index (Phi) is 8.14. The summed E-state index contributed by atoms with van der Waals surface area (Å²) in [4.78, 5) is 54.1. The minimum absolute atomic E-state index is 0.162. The van der Waals surface area contributed by atoms with Crippen LogP contribution in [0.15, 0.2) is 12.1 Å². The molecule has 4 rings (SSSR count). The summed E-state index contributed by atoms with van der Waals surface area (Å²) in [6.07, 6.45) is -5.10. The van der Waals surface area contributed by atoms with Gasteiger partial charge in [-0.15, -0.1) is 0 Å². The number of halogens is 5. The zero-order valence-corrected chi connectivity index (χ0v) is 23.0. The van der Waals surface area contributed by atoms with Crippen LogP contribution in [0.5, 0.6) is 5.75 Å². The number of hydrogen-bond acceptors (Lipinski definition) is 6. The number of nitrogens with one attached hydrogen (secondary N) is 3. The topological polar surface area (TPSA) is 141 Å². The minimum Gasteiger partial charge on any atom is -0.473 e. The van der Waals surface area contributed by atoms with Crippen LogP contribution in [0.4, 0.5) is 27.6 Å². The number of alkyl halides is 3. The molecule has 0 aromatic heterocycles. The van der Waals surface area contributed by atoms with E-state index in [1.165, 1.54) is 7.05 Å². The number of anilines is 1. The molecule has 42 heavy (non-hydrogen) atoms. The molecule has 1 saturated carbocycles. The summed E-state index contributed by atoms with van der Waals surface area (Å²) < 4.78 is 74.5. The van der Waals surface area contributed by atoms with Gasteiger partial charge in [0.1, 0.15) is 23.1 Å². The lowest BCUT2D eigenvalue weighted by Gasteiger charge is -2.42. The summed E-state index contributed by atoms with van der Waals surface area (Å²) in [5.74, 6) is -9.97. The van der Waals surface area contributed by atoms with Gasteiger partial charge in [0.15, 0.2) is 11.6 Å². The van der Waals surface area contributed by atoms with Gasteiger partial charge in [0.25, 0.3) is 5.91 Å². The third-order valence-electron chi connectivity index (χ3n) is 7.87. The lowest BCUT2D eigenvalue weighted by Crippen LogP contribution is -2.68. The zero-order chi connectivity index (χ0) is 31.2. The Morgan fingerprint density at radius 1 is 1.21 bits per heavy atom. The molecule has 3 N–H and O–H groups in total. The Morgan fingerprint density at radius 3 is 2.43 bits per heavy atom. The maximum absolute atomic E-state index is 14.3. The van der Waals surface area contributed by atoms with Crippen LogP contribution in [-0.2, 0) is 19.2 Å². The van der Waals surface area contributed by atoms with E-state index in [0.29, 0.717) is 18.9 Å². The standard InChI is InChI=1S/C27H30F5N5O5/c1-13(2)6-17(26(23(40)34-3,9-14-4-5-14)36-24(41)27(30,31)32)21(38)37-12-25(10-16(37)11-33)22(39)35-20-18(29)7-15(28)8-19(20)42-25/h7-8,13-14,16-17H,4-6,9-10,12H2,1-3H3,(H,34,40)(H,35,39)(H,36,41)/t16-,17+,25+,26?/m0/s1. The molecule has 228 valence electrons. The van der Waals surface area contributed by atoms with Gasteiger partial charge in [0, 0.05) is 25.6 Å². The summed E-state index contributed by atoms with van der Waals surface area (Å²) >= 11 is 0. The van der Waals surface area contributed by atoms with Gasteiger partial charge in [-0.25, -0.2) is 8.78 Å². The van der Waals surface area contributed by atoms with Crippen molar-refractivity contribution in [3.8, 4) is 11.8 Å². The molecule has 1 aliphatic carbocycles. The molecular weight excluding hydrogens is 569 g/mol. The van der Waals surface area contributed by atoms with Gasteiger partial charge in [-0.1, -0.05) is 26.7 Å². The van der Waals surface area contributed by atoms with Crippen LogP contribution >= 0.6 is 0 Å². The fourth-order valence-corrected chi connectivity index (χ4v) is 5.74. The molecule has 1 saturated heterocycles.